The van der Waals surface area contributed by atoms with Crippen LogP contribution >= 0.6 is 0 Å². The van der Waals surface area contributed by atoms with Crippen molar-refractivity contribution in [2.24, 2.45) is 10.7 Å². The van der Waals surface area contributed by atoms with E-state index in [4.69, 9.17) is 5.73 Å². The Bertz CT molecular complexity index is 824. The van der Waals surface area contributed by atoms with E-state index in [2.05, 4.69) is 32.1 Å². The third kappa shape index (κ3) is 5.40. The lowest BCUT2D eigenvalue weighted by atomic mass is 10.2. The van der Waals surface area contributed by atoms with Crippen LogP contribution in [0.4, 0.5) is 24.5 Å². The first kappa shape index (κ1) is 18.6. The van der Waals surface area contributed by atoms with E-state index in [1.807, 2.05) is 24.3 Å². The molecule has 2 aromatic carbocycles. The number of alkyl halides is 3. The summed E-state index contributed by atoms with van der Waals surface area (Å²) >= 11 is 0. The van der Waals surface area contributed by atoms with Crippen LogP contribution in [0.25, 0.3) is 0 Å². The van der Waals surface area contributed by atoms with Gasteiger partial charge in [-0.2, -0.15) is 0 Å². The maximum atomic E-state index is 12.5. The predicted molar refractivity (Wildman–Crippen MR) is 99.9 cm³/mol. The summed E-state index contributed by atoms with van der Waals surface area (Å²) in [5.74, 6) is -0.368. The van der Waals surface area contributed by atoms with Crippen molar-refractivity contribution in [2.75, 3.05) is 23.3 Å². The van der Waals surface area contributed by atoms with E-state index >= 15 is 0 Å². The second-order valence-corrected chi connectivity index (χ2v) is 5.91. The van der Waals surface area contributed by atoms with E-state index in [0.717, 1.165) is 24.3 Å². The van der Waals surface area contributed by atoms with Crippen molar-refractivity contribution in [3.8, 4) is 5.75 Å². The van der Waals surface area contributed by atoms with Crippen LogP contribution in [0.15, 0.2) is 65.7 Å². The molecule has 1 aliphatic heterocycles. The van der Waals surface area contributed by atoms with Crippen LogP contribution in [0, 0.1) is 0 Å². The molecule has 0 aliphatic carbocycles. The molecule has 0 saturated heterocycles. The Balaban J connectivity index is 1.61. The number of guanidine groups is 1. The van der Waals surface area contributed by atoms with E-state index < -0.39 is 6.36 Å². The van der Waals surface area contributed by atoms with Gasteiger partial charge in [-0.3, -0.25) is 0 Å². The first-order valence-electron chi connectivity index (χ1n) is 8.31. The molecular weight excluding hydrogens is 357 g/mol. The van der Waals surface area contributed by atoms with Crippen molar-refractivity contribution in [2.45, 2.75) is 12.9 Å². The van der Waals surface area contributed by atoms with Crippen molar-refractivity contribution in [1.82, 2.24) is 0 Å². The monoisotopic (exact) mass is 376 g/mol. The zero-order chi connectivity index (χ0) is 19.3. The van der Waals surface area contributed by atoms with Gasteiger partial charge in [0.25, 0.3) is 0 Å². The number of rotatable bonds is 5. The van der Waals surface area contributed by atoms with Gasteiger partial charge in [-0.25, -0.2) is 4.99 Å². The molecule has 0 spiro atoms. The standard InChI is InChI=1S/C19H19F3N4O/c20-19(21,22)27-17-6-2-1-5-16(17)25-18(23)24-13-14-7-9-15(10-8-14)26-11-3-4-12-26/h1-10H,11-13H2,(H3,23,24,25). The highest BCUT2D eigenvalue weighted by atomic mass is 19.4. The summed E-state index contributed by atoms with van der Waals surface area (Å²) in [6.07, 6.45) is -0.549. The third-order valence-corrected chi connectivity index (χ3v) is 3.93. The van der Waals surface area contributed by atoms with Crippen LogP contribution in [0.1, 0.15) is 5.56 Å². The number of nitrogens with zero attached hydrogens (tertiary/aromatic N) is 2. The van der Waals surface area contributed by atoms with Crippen LogP contribution in [0.2, 0.25) is 0 Å². The number of anilines is 2. The van der Waals surface area contributed by atoms with Gasteiger partial charge in [0, 0.05) is 18.8 Å². The lowest BCUT2D eigenvalue weighted by Gasteiger charge is -2.17. The molecule has 2 aromatic rings. The number of nitrogens with two attached hydrogens (primary N) is 1. The normalized spacial score (nSPS) is 14.5. The summed E-state index contributed by atoms with van der Waals surface area (Å²) in [5, 5.41) is 2.65. The van der Waals surface area contributed by atoms with Crippen LogP contribution in [0.3, 0.4) is 0 Å². The van der Waals surface area contributed by atoms with E-state index in [1.54, 1.807) is 6.07 Å². The van der Waals surface area contributed by atoms with Crippen molar-refractivity contribution >= 4 is 17.3 Å². The summed E-state index contributed by atoms with van der Waals surface area (Å²) in [7, 11) is 0. The third-order valence-electron chi connectivity index (χ3n) is 3.93. The van der Waals surface area contributed by atoms with E-state index in [-0.39, 0.29) is 17.4 Å². The largest absolute Gasteiger partial charge is 0.573 e. The fourth-order valence-corrected chi connectivity index (χ4v) is 2.64. The van der Waals surface area contributed by atoms with Gasteiger partial charge in [0.05, 0.1) is 12.2 Å². The minimum atomic E-state index is -4.78. The lowest BCUT2D eigenvalue weighted by Crippen LogP contribution is -2.24. The van der Waals surface area contributed by atoms with E-state index in [9.17, 15) is 13.2 Å². The van der Waals surface area contributed by atoms with E-state index in [1.165, 1.54) is 18.2 Å². The molecule has 0 aromatic heterocycles. The maximum Gasteiger partial charge on any atom is 0.573 e. The number of hydrogen-bond donors (Lipinski definition) is 2. The van der Waals surface area contributed by atoms with E-state index in [0.29, 0.717) is 6.54 Å². The van der Waals surface area contributed by atoms with Crippen LogP contribution < -0.4 is 20.7 Å². The summed E-state index contributed by atoms with van der Waals surface area (Å²) < 4.78 is 41.3. The van der Waals surface area contributed by atoms with Crippen molar-refractivity contribution < 1.29 is 17.9 Å². The van der Waals surface area contributed by atoms with Crippen LogP contribution in [-0.2, 0) is 6.54 Å². The Morgan fingerprint density at radius 3 is 2.41 bits per heavy atom. The number of ether oxygens (including phenoxy) is 1. The zero-order valence-corrected chi connectivity index (χ0v) is 14.4. The van der Waals surface area contributed by atoms with Crippen LogP contribution in [0.5, 0.6) is 5.75 Å². The molecule has 8 heteroatoms. The number of aliphatic imine (C=N–C) groups is 1. The van der Waals surface area contributed by atoms with Crippen molar-refractivity contribution in [3.63, 3.8) is 0 Å². The van der Waals surface area contributed by atoms with Crippen molar-refractivity contribution in [1.29, 1.82) is 0 Å². The molecule has 1 aliphatic rings. The van der Waals surface area contributed by atoms with Crippen molar-refractivity contribution in [3.05, 3.63) is 66.2 Å². The first-order chi connectivity index (χ1) is 12.9. The molecule has 3 N–H and O–H groups in total. The summed E-state index contributed by atoms with van der Waals surface area (Å²) in [5.41, 5.74) is 7.95. The number of benzene rings is 2. The molecule has 3 rings (SSSR count). The molecular formula is C19H19F3N4O. The van der Waals surface area contributed by atoms with Gasteiger partial charge in [0.1, 0.15) is 0 Å². The molecule has 0 atom stereocenters. The molecule has 5 nitrogen and oxygen atoms in total. The second-order valence-electron chi connectivity index (χ2n) is 5.91. The Morgan fingerprint density at radius 1 is 1.07 bits per heavy atom. The van der Waals surface area contributed by atoms with Crippen LogP contribution in [-0.4, -0.2) is 25.4 Å². The fraction of sp³-hybridized carbons (Fsp3) is 0.211. The first-order valence-corrected chi connectivity index (χ1v) is 8.31. The van der Waals surface area contributed by atoms with Gasteiger partial charge in [-0.1, -0.05) is 36.4 Å². The van der Waals surface area contributed by atoms with Gasteiger partial charge in [-0.15, -0.1) is 13.2 Å². The van der Waals surface area contributed by atoms with Gasteiger partial charge < -0.3 is 20.7 Å². The minimum Gasteiger partial charge on any atom is -0.404 e. The molecule has 0 saturated carbocycles. The quantitative estimate of drug-likeness (QED) is 0.472. The van der Waals surface area contributed by atoms with Gasteiger partial charge >= 0.3 is 6.36 Å². The molecule has 27 heavy (non-hydrogen) atoms. The molecule has 0 bridgehead atoms. The Hall–Kier alpha value is -3.16. The average molecular weight is 376 g/mol. The smallest absolute Gasteiger partial charge is 0.404 e. The lowest BCUT2D eigenvalue weighted by molar-refractivity contribution is -0.274. The molecule has 142 valence electrons. The SMILES string of the molecule is NC(=NCc1ccc(N2CC=CC2)cc1)Nc1ccccc1OC(F)(F)F. The highest BCUT2D eigenvalue weighted by Crippen LogP contribution is 2.29. The average Bonchev–Trinajstić information content (AvgIpc) is 3.16. The minimum absolute atomic E-state index is 0.000967. The Kier molecular flexibility index (Phi) is 5.54. The molecule has 0 unspecified atom stereocenters. The number of halogens is 3. The van der Waals surface area contributed by atoms with Gasteiger partial charge in [-0.05, 0) is 29.8 Å². The molecule has 1 heterocycles. The Labute approximate surface area is 155 Å². The number of nitrogens with one attached hydrogen (secondary N) is 1. The second kappa shape index (κ2) is 8.03. The highest BCUT2D eigenvalue weighted by Gasteiger charge is 2.32. The fourth-order valence-electron chi connectivity index (χ4n) is 2.64. The maximum absolute atomic E-state index is 12.5. The molecule has 0 amide bonds. The summed E-state index contributed by atoms with van der Waals surface area (Å²) in [6.45, 7) is 2.10. The number of para-hydroxylation sites is 2. The van der Waals surface area contributed by atoms with Gasteiger partial charge in [0.2, 0.25) is 0 Å². The zero-order valence-electron chi connectivity index (χ0n) is 14.4. The molecule has 0 radical (unpaired) electrons. The Morgan fingerprint density at radius 2 is 1.74 bits per heavy atom. The summed E-state index contributed by atoms with van der Waals surface area (Å²) in [6, 6.07) is 13.6. The van der Waals surface area contributed by atoms with Gasteiger partial charge in [0.15, 0.2) is 11.7 Å². The summed E-state index contributed by atoms with van der Waals surface area (Å²) in [4.78, 5) is 6.40. The topological polar surface area (TPSA) is 62.9 Å². The highest BCUT2D eigenvalue weighted by molar-refractivity contribution is 5.93. The predicted octanol–water partition coefficient (Wildman–Crippen LogP) is 3.89. The number of hydrogen-bond acceptors (Lipinski definition) is 3. The molecule has 0 fully saturated rings.